The zero-order valence-corrected chi connectivity index (χ0v) is 15.5. The molecule has 140 valence electrons. The van der Waals surface area contributed by atoms with Crippen molar-refractivity contribution in [1.82, 2.24) is 25.3 Å². The van der Waals surface area contributed by atoms with Crippen molar-refractivity contribution in [3.8, 4) is 0 Å². The number of methoxy groups -OCH3 is 1. The Kier molecular flexibility index (Phi) is 5.71. The molecule has 0 saturated carbocycles. The third-order valence-electron chi connectivity index (χ3n) is 5.48. The summed E-state index contributed by atoms with van der Waals surface area (Å²) in [4.78, 5) is 21.8. The zero-order chi connectivity index (χ0) is 17.9. The van der Waals surface area contributed by atoms with E-state index in [-0.39, 0.29) is 17.4 Å². The van der Waals surface area contributed by atoms with Gasteiger partial charge in [0.25, 0.3) is 0 Å². The molecule has 3 heterocycles. The van der Waals surface area contributed by atoms with Crippen LogP contribution in [0.1, 0.15) is 37.5 Å². The van der Waals surface area contributed by atoms with E-state index in [0.717, 1.165) is 52.1 Å². The van der Waals surface area contributed by atoms with Crippen molar-refractivity contribution in [2.45, 2.75) is 32.7 Å². The molecule has 1 unspecified atom stereocenters. The van der Waals surface area contributed by atoms with Gasteiger partial charge in [0, 0.05) is 33.3 Å². The summed E-state index contributed by atoms with van der Waals surface area (Å²) in [6.07, 6.45) is 1.69. The van der Waals surface area contributed by atoms with Gasteiger partial charge >= 0.3 is 0 Å². The normalized spacial score (nSPS) is 22.8. The van der Waals surface area contributed by atoms with E-state index < -0.39 is 0 Å². The summed E-state index contributed by atoms with van der Waals surface area (Å²) >= 11 is 0. The molecule has 8 heteroatoms. The van der Waals surface area contributed by atoms with Crippen molar-refractivity contribution in [2.75, 3.05) is 53.0 Å². The fourth-order valence-corrected chi connectivity index (χ4v) is 3.89. The maximum Gasteiger partial charge on any atom is 0.243 e. The van der Waals surface area contributed by atoms with E-state index in [1.165, 1.54) is 0 Å². The first-order chi connectivity index (χ1) is 12.1. The molecule has 0 aromatic carbocycles. The van der Waals surface area contributed by atoms with Crippen LogP contribution in [-0.4, -0.2) is 78.8 Å². The van der Waals surface area contributed by atoms with E-state index in [1.807, 2.05) is 11.8 Å². The number of amides is 1. The molecular weight excluding hydrogens is 322 g/mol. The van der Waals surface area contributed by atoms with Crippen molar-refractivity contribution in [3.05, 3.63) is 11.7 Å². The lowest BCUT2D eigenvalue weighted by Crippen LogP contribution is -2.56. The fourth-order valence-electron chi connectivity index (χ4n) is 3.89. The standard InChI is InChI=1S/C17H29N5O3/c1-13(15-19-14(2)20-25-15)21-8-10-22(11-9-21)16(23)17(12-24-3)4-6-18-7-5-17/h13,18H,4-12H2,1-3H3. The second-order valence-corrected chi connectivity index (χ2v) is 7.15. The molecule has 0 bridgehead atoms. The van der Waals surface area contributed by atoms with Crippen LogP contribution in [0.5, 0.6) is 0 Å². The van der Waals surface area contributed by atoms with Crippen molar-refractivity contribution in [2.24, 2.45) is 5.41 Å². The molecule has 1 atom stereocenters. The molecule has 2 aliphatic heterocycles. The van der Waals surface area contributed by atoms with Crippen LogP contribution in [0.2, 0.25) is 0 Å². The average molecular weight is 351 g/mol. The van der Waals surface area contributed by atoms with Crippen LogP contribution >= 0.6 is 0 Å². The van der Waals surface area contributed by atoms with Crippen LogP contribution in [-0.2, 0) is 9.53 Å². The Morgan fingerprint density at radius 2 is 2.00 bits per heavy atom. The Bertz CT molecular complexity index is 571. The predicted molar refractivity (Wildman–Crippen MR) is 92.0 cm³/mol. The number of ether oxygens (including phenoxy) is 1. The van der Waals surface area contributed by atoms with Gasteiger partial charge in [-0.05, 0) is 39.8 Å². The first-order valence-corrected chi connectivity index (χ1v) is 9.09. The van der Waals surface area contributed by atoms with Crippen LogP contribution in [0, 0.1) is 12.3 Å². The Morgan fingerprint density at radius 3 is 2.56 bits per heavy atom. The maximum absolute atomic E-state index is 13.2. The molecule has 1 aromatic rings. The van der Waals surface area contributed by atoms with E-state index in [9.17, 15) is 4.79 Å². The van der Waals surface area contributed by atoms with Crippen LogP contribution in [0.3, 0.4) is 0 Å². The quantitative estimate of drug-likeness (QED) is 0.831. The van der Waals surface area contributed by atoms with Gasteiger partial charge in [0.15, 0.2) is 5.82 Å². The van der Waals surface area contributed by atoms with E-state index >= 15 is 0 Å². The number of carbonyl (C=O) groups is 1. The lowest BCUT2D eigenvalue weighted by atomic mass is 9.78. The molecule has 3 rings (SSSR count). The maximum atomic E-state index is 13.2. The first kappa shape index (κ1) is 18.3. The molecule has 2 saturated heterocycles. The summed E-state index contributed by atoms with van der Waals surface area (Å²) in [6, 6.07) is 0.0743. The van der Waals surface area contributed by atoms with Crippen LogP contribution < -0.4 is 5.32 Å². The molecule has 1 aromatic heterocycles. The highest BCUT2D eigenvalue weighted by Crippen LogP contribution is 2.32. The van der Waals surface area contributed by atoms with Gasteiger partial charge < -0.3 is 19.5 Å². The van der Waals surface area contributed by atoms with Crippen LogP contribution in [0.25, 0.3) is 0 Å². The zero-order valence-electron chi connectivity index (χ0n) is 15.5. The van der Waals surface area contributed by atoms with Gasteiger partial charge in [0.2, 0.25) is 11.8 Å². The summed E-state index contributed by atoms with van der Waals surface area (Å²) in [5.41, 5.74) is -0.364. The van der Waals surface area contributed by atoms with Gasteiger partial charge in [0.1, 0.15) is 0 Å². The van der Waals surface area contributed by atoms with Gasteiger partial charge in [-0.3, -0.25) is 9.69 Å². The minimum Gasteiger partial charge on any atom is -0.384 e. The number of rotatable bonds is 5. The number of aromatic nitrogens is 2. The molecule has 2 aliphatic rings. The molecule has 0 spiro atoms. The van der Waals surface area contributed by atoms with Gasteiger partial charge in [-0.2, -0.15) is 4.98 Å². The lowest BCUT2D eigenvalue weighted by Gasteiger charge is -2.43. The Balaban J connectivity index is 1.60. The number of piperazine rings is 1. The Morgan fingerprint density at radius 1 is 1.32 bits per heavy atom. The molecular formula is C17H29N5O3. The molecule has 1 N–H and O–H groups in total. The fraction of sp³-hybridized carbons (Fsp3) is 0.824. The summed E-state index contributed by atoms with van der Waals surface area (Å²) in [6.45, 7) is 9.25. The summed E-state index contributed by atoms with van der Waals surface area (Å²) < 4.78 is 10.7. The molecule has 2 fully saturated rings. The van der Waals surface area contributed by atoms with E-state index in [1.54, 1.807) is 7.11 Å². The highest BCUT2D eigenvalue weighted by atomic mass is 16.5. The third kappa shape index (κ3) is 3.86. The number of aryl methyl sites for hydroxylation is 1. The minimum atomic E-state index is -0.364. The molecule has 25 heavy (non-hydrogen) atoms. The van der Waals surface area contributed by atoms with E-state index in [4.69, 9.17) is 9.26 Å². The Hall–Kier alpha value is -1.51. The molecule has 8 nitrogen and oxygen atoms in total. The second-order valence-electron chi connectivity index (χ2n) is 7.15. The summed E-state index contributed by atoms with van der Waals surface area (Å²) in [7, 11) is 1.68. The summed E-state index contributed by atoms with van der Waals surface area (Å²) in [5, 5.41) is 7.21. The largest absolute Gasteiger partial charge is 0.384 e. The number of piperidine rings is 1. The van der Waals surface area contributed by atoms with Gasteiger partial charge in [-0.15, -0.1) is 0 Å². The number of nitrogens with one attached hydrogen (secondary N) is 1. The lowest BCUT2D eigenvalue weighted by molar-refractivity contribution is -0.149. The highest BCUT2D eigenvalue weighted by Gasteiger charge is 2.43. The van der Waals surface area contributed by atoms with Gasteiger partial charge in [-0.25, -0.2) is 0 Å². The van der Waals surface area contributed by atoms with Crippen LogP contribution in [0.15, 0.2) is 4.52 Å². The SMILES string of the molecule is COCC1(C(=O)N2CCN(C(C)c3nc(C)no3)CC2)CCNCC1. The van der Waals surface area contributed by atoms with Gasteiger partial charge in [-0.1, -0.05) is 5.16 Å². The molecule has 0 radical (unpaired) electrons. The van der Waals surface area contributed by atoms with Crippen molar-refractivity contribution in [3.63, 3.8) is 0 Å². The molecule has 0 aliphatic carbocycles. The number of nitrogens with zero attached hydrogens (tertiary/aromatic N) is 4. The second kappa shape index (κ2) is 7.80. The number of hydrogen-bond donors (Lipinski definition) is 1. The number of carbonyl (C=O) groups excluding carboxylic acids is 1. The monoisotopic (exact) mass is 351 g/mol. The summed E-state index contributed by atoms with van der Waals surface area (Å²) in [5.74, 6) is 1.55. The van der Waals surface area contributed by atoms with Crippen molar-refractivity contribution in [1.29, 1.82) is 0 Å². The number of hydrogen-bond acceptors (Lipinski definition) is 7. The average Bonchev–Trinajstić information content (AvgIpc) is 3.08. The van der Waals surface area contributed by atoms with E-state index in [0.29, 0.717) is 18.3 Å². The third-order valence-corrected chi connectivity index (χ3v) is 5.48. The van der Waals surface area contributed by atoms with Crippen molar-refractivity contribution >= 4 is 5.91 Å². The minimum absolute atomic E-state index is 0.0743. The van der Waals surface area contributed by atoms with Gasteiger partial charge in [0.05, 0.1) is 18.1 Å². The predicted octanol–water partition coefficient (Wildman–Crippen LogP) is 0.599. The molecule has 1 amide bonds. The highest BCUT2D eigenvalue weighted by molar-refractivity contribution is 5.83. The first-order valence-electron chi connectivity index (χ1n) is 9.09. The van der Waals surface area contributed by atoms with Crippen molar-refractivity contribution < 1.29 is 14.1 Å². The topological polar surface area (TPSA) is 83.7 Å². The smallest absolute Gasteiger partial charge is 0.243 e. The van der Waals surface area contributed by atoms with Crippen LogP contribution in [0.4, 0.5) is 0 Å². The Labute approximate surface area is 148 Å². The van der Waals surface area contributed by atoms with E-state index in [2.05, 4.69) is 27.3 Å².